The van der Waals surface area contributed by atoms with Gasteiger partial charge in [-0.15, -0.1) is 46.2 Å². The Balaban J connectivity index is 1.19. The Morgan fingerprint density at radius 1 is 0.457 bits per heavy atom. The van der Waals surface area contributed by atoms with Crippen LogP contribution in [0.4, 0.5) is 0 Å². The molecule has 0 amide bonds. The number of thiophene rings is 2. The van der Waals surface area contributed by atoms with Crippen LogP contribution in [0.15, 0.2) is 35.8 Å². The van der Waals surface area contributed by atoms with E-state index in [2.05, 4.69) is 172 Å². The zero-order chi connectivity index (χ0) is 58.6. The molecular formula is C72H112N2O2S5. The van der Waals surface area contributed by atoms with Gasteiger partial charge in [-0.25, -0.2) is 0 Å². The van der Waals surface area contributed by atoms with Crippen LogP contribution in [0.25, 0.3) is 41.7 Å². The van der Waals surface area contributed by atoms with Crippen LogP contribution in [-0.4, -0.2) is 19.2 Å². The molecule has 0 N–H and O–H groups in total. The third-order valence-corrected chi connectivity index (χ3v) is 26.0. The molecule has 4 aliphatic rings. The molecule has 0 bridgehead atoms. The Hall–Kier alpha value is -1.78. The van der Waals surface area contributed by atoms with Gasteiger partial charge in [-0.05, 0) is 122 Å². The zero-order valence-corrected chi connectivity index (χ0v) is 58.5. The highest BCUT2D eigenvalue weighted by molar-refractivity contribution is 8.09. The van der Waals surface area contributed by atoms with Crippen molar-refractivity contribution >= 4 is 78.8 Å². The Bertz CT molecular complexity index is 2500. The van der Waals surface area contributed by atoms with Gasteiger partial charge >= 0.3 is 0 Å². The number of fused-ring (bicyclic) bond motifs is 5. The molecular weight excluding hydrogens is 1090 g/mol. The maximum atomic E-state index is 7.78. The van der Waals surface area contributed by atoms with Crippen LogP contribution in [0.1, 0.15) is 287 Å². The van der Waals surface area contributed by atoms with Gasteiger partial charge < -0.3 is 9.47 Å². The van der Waals surface area contributed by atoms with E-state index in [4.69, 9.17) is 18.2 Å². The van der Waals surface area contributed by atoms with Crippen LogP contribution in [0.3, 0.4) is 0 Å². The number of allylic oxidation sites excluding steroid dienone is 2. The summed E-state index contributed by atoms with van der Waals surface area (Å²) in [6, 6.07) is 10.0. The molecule has 0 radical (unpaired) electrons. The van der Waals surface area contributed by atoms with Crippen LogP contribution < -0.4 is 0 Å². The molecule has 1 aromatic carbocycles. The number of ether oxygens (including phenoxy) is 2. The Morgan fingerprint density at radius 2 is 0.765 bits per heavy atom. The summed E-state index contributed by atoms with van der Waals surface area (Å²) < 4.78 is 26.1. The maximum absolute atomic E-state index is 7.78. The van der Waals surface area contributed by atoms with Crippen LogP contribution in [0.5, 0.6) is 0 Å². The summed E-state index contributed by atoms with van der Waals surface area (Å²) in [7, 11) is 0. The van der Waals surface area contributed by atoms with E-state index < -0.39 is 0 Å². The predicted octanol–water partition coefficient (Wildman–Crippen LogP) is 25.0. The molecule has 4 aromatic rings. The molecule has 3 aromatic heterocycles. The van der Waals surface area contributed by atoms with Crippen molar-refractivity contribution in [3.05, 3.63) is 56.7 Å². The van der Waals surface area contributed by atoms with E-state index in [0.29, 0.717) is 34.2 Å². The van der Waals surface area contributed by atoms with Crippen molar-refractivity contribution in [2.24, 2.45) is 58.2 Å². The average molecular weight is 1200 g/mol. The molecule has 452 valence electrons. The minimum absolute atomic E-state index is 0.172. The fourth-order valence-electron chi connectivity index (χ4n) is 13.4. The van der Waals surface area contributed by atoms with E-state index in [9.17, 15) is 0 Å². The third kappa shape index (κ3) is 16.3. The van der Waals surface area contributed by atoms with Gasteiger partial charge in [0.05, 0.1) is 31.3 Å². The first-order chi connectivity index (χ1) is 38.3. The van der Waals surface area contributed by atoms with Crippen molar-refractivity contribution < 1.29 is 9.47 Å². The number of hydrogen-bond donors (Lipinski definition) is 0. The quantitative estimate of drug-likeness (QED) is 0.0518. The highest BCUT2D eigenvalue weighted by atomic mass is 32.2. The second-order valence-electron chi connectivity index (χ2n) is 30.8. The number of rotatable bonds is 30. The molecule has 6 atom stereocenters. The molecule has 6 unspecified atom stereocenters. The van der Waals surface area contributed by atoms with E-state index in [0.717, 1.165) is 73.2 Å². The van der Waals surface area contributed by atoms with Gasteiger partial charge in [-0.1, -0.05) is 214 Å². The Kier molecular flexibility index (Phi) is 22.5. The SMILES string of the molecule is CC(C)CCCC(C)CCC1(CCC(C)CCCC(C)C)OC2=C(SC(C(C)(C)C)C2)c2sc(-c3ccc(-c4cc5c(s4)C4=C(CC(C(C)(C)C)S4)OC5(CCC(C)CCCC(C)C)CCC(C)CCCC(C)C)c4nsnc34)cc21. The van der Waals surface area contributed by atoms with Gasteiger partial charge in [0, 0.05) is 55.3 Å². The first-order valence-electron chi connectivity index (χ1n) is 33.0. The van der Waals surface area contributed by atoms with Crippen LogP contribution in [0.2, 0.25) is 0 Å². The lowest BCUT2D eigenvalue weighted by Gasteiger charge is -2.40. The normalized spacial score (nSPS) is 22.7. The van der Waals surface area contributed by atoms with E-state index in [-0.39, 0.29) is 22.0 Å². The number of nitrogens with zero attached hydrogens (tertiary/aromatic N) is 2. The van der Waals surface area contributed by atoms with Gasteiger partial charge in [0.1, 0.15) is 33.8 Å². The highest BCUT2D eigenvalue weighted by Gasteiger charge is 2.50. The topological polar surface area (TPSA) is 44.2 Å². The smallest absolute Gasteiger partial charge is 0.135 e. The minimum atomic E-state index is -0.339. The first kappa shape index (κ1) is 65.2. The first-order valence-corrected chi connectivity index (χ1v) is 37.1. The summed E-state index contributed by atoms with van der Waals surface area (Å²) in [5.74, 6) is 8.23. The van der Waals surface area contributed by atoms with Crippen LogP contribution in [-0.2, 0) is 20.7 Å². The minimum Gasteiger partial charge on any atom is -0.486 e. The number of benzene rings is 1. The molecule has 81 heavy (non-hydrogen) atoms. The monoisotopic (exact) mass is 1200 g/mol. The second kappa shape index (κ2) is 27.9. The summed E-state index contributed by atoms with van der Waals surface area (Å²) in [6.07, 6.45) is 26.8. The van der Waals surface area contributed by atoms with Crippen molar-refractivity contribution in [1.29, 1.82) is 0 Å². The van der Waals surface area contributed by atoms with Crippen LogP contribution >= 0.6 is 57.9 Å². The molecule has 8 rings (SSSR count). The summed E-state index contributed by atoms with van der Waals surface area (Å²) in [4.78, 5) is 8.39. The lowest BCUT2D eigenvalue weighted by Crippen LogP contribution is -2.34. The Labute approximate surface area is 516 Å². The Morgan fingerprint density at radius 3 is 1.05 bits per heavy atom. The maximum Gasteiger partial charge on any atom is 0.135 e. The molecule has 4 nitrogen and oxygen atoms in total. The summed E-state index contributed by atoms with van der Waals surface area (Å²) >= 11 is 9.62. The fourth-order valence-corrected chi connectivity index (χ4v) is 19.7. The molecule has 9 heteroatoms. The molecule has 0 saturated heterocycles. The van der Waals surface area contributed by atoms with Crippen molar-refractivity contribution in [1.82, 2.24) is 8.75 Å². The van der Waals surface area contributed by atoms with E-state index in [1.165, 1.54) is 178 Å². The second-order valence-corrected chi connectivity index (χ2v) is 35.8. The molecule has 7 heterocycles. The number of thioether (sulfide) groups is 2. The van der Waals surface area contributed by atoms with E-state index >= 15 is 0 Å². The summed E-state index contributed by atoms with van der Waals surface area (Å²) in [6.45, 7) is 43.6. The summed E-state index contributed by atoms with van der Waals surface area (Å²) in [5, 5.41) is 0.974. The van der Waals surface area contributed by atoms with Gasteiger partial charge in [-0.3, -0.25) is 0 Å². The van der Waals surface area contributed by atoms with Gasteiger partial charge in [0.25, 0.3) is 0 Å². The molecule has 0 spiro atoms. The highest BCUT2D eigenvalue weighted by Crippen LogP contribution is 2.63. The molecule has 4 aliphatic heterocycles. The third-order valence-electron chi connectivity index (χ3n) is 19.2. The van der Waals surface area contributed by atoms with Crippen molar-refractivity contribution in [3.8, 4) is 20.9 Å². The standard InChI is InChI=1S/C72H112N2O2S5/c1-45(2)23-19-27-49(9)33-37-71(38-34-50(10)28-20-24-46(3)4)55-41-59(77-65(55)67-57(75-71)43-61(79-67)69(13,14)15)53-31-32-54(64-63(53)73-81-74-64)60-42-56-66(78-60)68-58(44-62(80-68)70(16,17)18)76-72(56,39-35-51(11)29-21-25-47(5)6)40-36-52(12)30-22-26-48(7)8/h31-32,41-42,45-52,61-62H,19-30,33-40,43-44H2,1-18H3. The molecule has 0 saturated carbocycles. The van der Waals surface area contributed by atoms with Crippen molar-refractivity contribution in [2.75, 3.05) is 0 Å². The average Bonchev–Trinajstić information content (AvgIpc) is 4.44. The van der Waals surface area contributed by atoms with Gasteiger partial charge in [0.2, 0.25) is 0 Å². The largest absolute Gasteiger partial charge is 0.486 e. The molecule has 0 fully saturated rings. The number of hydrogen-bond acceptors (Lipinski definition) is 9. The van der Waals surface area contributed by atoms with Crippen molar-refractivity contribution in [2.45, 2.75) is 288 Å². The van der Waals surface area contributed by atoms with Crippen molar-refractivity contribution in [3.63, 3.8) is 0 Å². The zero-order valence-electron chi connectivity index (χ0n) is 54.4. The van der Waals surface area contributed by atoms with Gasteiger partial charge in [0.15, 0.2) is 0 Å². The molecule has 0 aliphatic carbocycles. The van der Waals surface area contributed by atoms with E-state index in [1.54, 1.807) is 0 Å². The fraction of sp³-hybridized carbons (Fsp3) is 0.750. The van der Waals surface area contributed by atoms with Gasteiger partial charge in [-0.2, -0.15) is 8.75 Å². The summed E-state index contributed by atoms with van der Waals surface area (Å²) in [5.41, 5.74) is 7.10. The van der Waals surface area contributed by atoms with Crippen LogP contribution in [0, 0.1) is 58.2 Å². The predicted molar refractivity (Wildman–Crippen MR) is 363 cm³/mol. The van der Waals surface area contributed by atoms with E-state index in [1.807, 2.05) is 22.7 Å². The lowest BCUT2D eigenvalue weighted by atomic mass is 9.78. The number of aromatic nitrogens is 2. The lowest BCUT2D eigenvalue weighted by molar-refractivity contribution is -0.0332.